The molecule has 0 fully saturated rings. The number of nitrogens with one attached hydrogen (secondary N) is 1. The number of aromatic amines is 1. The van der Waals surface area contributed by atoms with Gasteiger partial charge in [0.1, 0.15) is 11.4 Å². The van der Waals surface area contributed by atoms with Crippen molar-refractivity contribution in [2.45, 2.75) is 13.8 Å². The van der Waals surface area contributed by atoms with E-state index in [-0.39, 0.29) is 17.7 Å². The zero-order chi connectivity index (χ0) is 17.0. The third kappa shape index (κ3) is 3.92. The molecule has 0 bridgehead atoms. The van der Waals surface area contributed by atoms with Gasteiger partial charge in [-0.3, -0.25) is 4.79 Å². The van der Waals surface area contributed by atoms with Crippen molar-refractivity contribution in [2.24, 2.45) is 0 Å². The normalized spacial score (nSPS) is 11.3. The maximum Gasteiger partial charge on any atom is 0.345 e. The molecule has 2 rings (SSSR count). The van der Waals surface area contributed by atoms with Gasteiger partial charge in [-0.25, -0.2) is 14.6 Å². The Bertz CT molecular complexity index is 834. The first-order chi connectivity index (χ1) is 10.9. The maximum absolute atomic E-state index is 11.9. The van der Waals surface area contributed by atoms with E-state index in [1.54, 1.807) is 19.9 Å². The number of carbonyl (C=O) groups excluding carboxylic acids is 1. The monoisotopic (exact) mass is 334 g/mol. The Balaban J connectivity index is 2.28. The minimum atomic E-state index is -0.996. The number of allylic oxidation sites excluding steroid dienone is 1. The zero-order valence-electron chi connectivity index (χ0n) is 12.5. The number of hydrogen-bond donors (Lipinski definition) is 2. The Labute approximate surface area is 135 Å². The number of nitrogens with zero attached hydrogens (tertiary/aromatic N) is 1. The van der Waals surface area contributed by atoms with E-state index in [0.717, 1.165) is 4.88 Å². The second-order valence-electron chi connectivity index (χ2n) is 4.57. The van der Waals surface area contributed by atoms with Gasteiger partial charge in [0.15, 0.2) is 0 Å². The van der Waals surface area contributed by atoms with Gasteiger partial charge in [-0.1, -0.05) is 0 Å². The van der Waals surface area contributed by atoms with Crippen molar-refractivity contribution in [1.29, 1.82) is 0 Å². The lowest BCUT2D eigenvalue weighted by atomic mass is 10.2. The van der Waals surface area contributed by atoms with Crippen LogP contribution in [0, 0.1) is 0 Å². The molecular weight excluding hydrogens is 320 g/mol. The fraction of sp³-hybridized carbons (Fsp3) is 0.200. The van der Waals surface area contributed by atoms with Gasteiger partial charge in [0, 0.05) is 16.5 Å². The highest BCUT2D eigenvalue weighted by atomic mass is 32.1. The predicted molar refractivity (Wildman–Crippen MR) is 85.6 cm³/mol. The smallest absolute Gasteiger partial charge is 0.345 e. The summed E-state index contributed by atoms with van der Waals surface area (Å²) in [6, 6.07) is 1.53. The first kappa shape index (κ1) is 16.6. The lowest BCUT2D eigenvalue weighted by molar-refractivity contribution is 0.0523. The van der Waals surface area contributed by atoms with Crippen LogP contribution < -0.4 is 5.56 Å². The van der Waals surface area contributed by atoms with Gasteiger partial charge < -0.3 is 14.8 Å². The van der Waals surface area contributed by atoms with Crippen molar-refractivity contribution in [3.63, 3.8) is 0 Å². The summed E-state index contributed by atoms with van der Waals surface area (Å²) in [6.07, 6.45) is 2.88. The molecule has 7 nitrogen and oxygen atoms in total. The summed E-state index contributed by atoms with van der Waals surface area (Å²) in [6.45, 7) is 3.54. The molecule has 0 amide bonds. The Kier molecular flexibility index (Phi) is 5.07. The van der Waals surface area contributed by atoms with E-state index >= 15 is 0 Å². The summed E-state index contributed by atoms with van der Waals surface area (Å²) in [7, 11) is 0. The van der Waals surface area contributed by atoms with Gasteiger partial charge in [0.25, 0.3) is 5.56 Å². The SMILES string of the molecule is CCOC(=O)c1cnc(/C(C)=C/c2cc(C(=O)O)cs2)[nH]c1=O. The third-order valence-corrected chi connectivity index (χ3v) is 3.77. The average Bonchev–Trinajstić information content (AvgIpc) is 2.96. The second kappa shape index (κ2) is 7.01. The highest BCUT2D eigenvalue weighted by Gasteiger charge is 2.13. The van der Waals surface area contributed by atoms with Gasteiger partial charge in [0.2, 0.25) is 0 Å². The first-order valence-electron chi connectivity index (χ1n) is 6.69. The highest BCUT2D eigenvalue weighted by Crippen LogP contribution is 2.20. The summed E-state index contributed by atoms with van der Waals surface area (Å²) < 4.78 is 4.76. The van der Waals surface area contributed by atoms with Gasteiger partial charge >= 0.3 is 11.9 Å². The molecule has 0 saturated heterocycles. The molecule has 0 saturated carbocycles. The number of esters is 1. The highest BCUT2D eigenvalue weighted by molar-refractivity contribution is 7.11. The Morgan fingerprint density at radius 2 is 2.22 bits per heavy atom. The summed E-state index contributed by atoms with van der Waals surface area (Å²) in [5.41, 5.74) is 0.0933. The molecule has 0 spiro atoms. The van der Waals surface area contributed by atoms with E-state index in [1.165, 1.54) is 29.0 Å². The molecule has 0 aromatic carbocycles. The number of aromatic nitrogens is 2. The predicted octanol–water partition coefficient (Wildman–Crippen LogP) is 2.27. The zero-order valence-corrected chi connectivity index (χ0v) is 13.3. The third-order valence-electron chi connectivity index (χ3n) is 2.89. The van der Waals surface area contributed by atoms with E-state index in [9.17, 15) is 14.4 Å². The Hall–Kier alpha value is -2.74. The first-order valence-corrected chi connectivity index (χ1v) is 7.57. The minimum Gasteiger partial charge on any atom is -0.478 e. The van der Waals surface area contributed by atoms with Crippen molar-refractivity contribution in [3.8, 4) is 0 Å². The van der Waals surface area contributed by atoms with Crippen LogP contribution in [0.25, 0.3) is 11.6 Å². The van der Waals surface area contributed by atoms with Crippen molar-refractivity contribution < 1.29 is 19.4 Å². The molecule has 0 aliphatic carbocycles. The van der Waals surface area contributed by atoms with Crippen LogP contribution in [0.1, 0.15) is 45.3 Å². The summed E-state index contributed by atoms with van der Waals surface area (Å²) in [5.74, 6) is -1.42. The summed E-state index contributed by atoms with van der Waals surface area (Å²) in [5, 5.41) is 10.4. The quantitative estimate of drug-likeness (QED) is 0.812. The fourth-order valence-electron chi connectivity index (χ4n) is 1.77. The standard InChI is InChI=1S/C15H14N2O5S/c1-3-22-15(21)11-6-16-12(17-13(11)18)8(2)4-10-5-9(7-23-10)14(19)20/h4-7H,3H2,1-2H3,(H,19,20)(H,16,17,18)/b8-4+. The van der Waals surface area contributed by atoms with Crippen molar-refractivity contribution >= 4 is 34.9 Å². The number of carboxylic acid groups (broad SMARTS) is 1. The molecule has 0 radical (unpaired) electrons. The van der Waals surface area contributed by atoms with Crippen molar-refractivity contribution in [2.75, 3.05) is 6.61 Å². The van der Waals surface area contributed by atoms with Crippen LogP contribution in [0.4, 0.5) is 0 Å². The molecule has 2 N–H and O–H groups in total. The number of hydrogen-bond acceptors (Lipinski definition) is 6. The summed E-state index contributed by atoms with van der Waals surface area (Å²) in [4.78, 5) is 41.6. The van der Waals surface area contributed by atoms with E-state index in [2.05, 4.69) is 9.97 Å². The van der Waals surface area contributed by atoms with Gasteiger partial charge in [-0.05, 0) is 31.6 Å². The molecule has 0 unspecified atom stereocenters. The van der Waals surface area contributed by atoms with Crippen LogP contribution in [0.2, 0.25) is 0 Å². The number of ether oxygens (including phenoxy) is 1. The molecule has 2 heterocycles. The molecule has 0 atom stereocenters. The molecule has 0 aliphatic heterocycles. The number of aromatic carboxylic acids is 1. The van der Waals surface area contributed by atoms with E-state index in [0.29, 0.717) is 11.4 Å². The van der Waals surface area contributed by atoms with Crippen LogP contribution in [-0.2, 0) is 4.74 Å². The average molecular weight is 334 g/mol. The fourth-order valence-corrected chi connectivity index (χ4v) is 2.64. The molecule has 0 aliphatic rings. The molecule has 2 aromatic rings. The van der Waals surface area contributed by atoms with E-state index < -0.39 is 17.5 Å². The number of rotatable bonds is 5. The van der Waals surface area contributed by atoms with Crippen molar-refractivity contribution in [1.82, 2.24) is 9.97 Å². The number of H-pyrrole nitrogens is 1. The number of thiophene rings is 1. The van der Waals surface area contributed by atoms with E-state index in [1.807, 2.05) is 0 Å². The minimum absolute atomic E-state index is 0.160. The molecule has 120 valence electrons. The van der Waals surface area contributed by atoms with Crippen molar-refractivity contribution in [3.05, 3.63) is 49.8 Å². The van der Waals surface area contributed by atoms with E-state index in [4.69, 9.17) is 9.84 Å². The van der Waals surface area contributed by atoms with Crippen LogP contribution in [-0.4, -0.2) is 33.6 Å². The topological polar surface area (TPSA) is 109 Å². The molecular formula is C15H14N2O5S. The van der Waals surface area contributed by atoms with Gasteiger partial charge in [-0.15, -0.1) is 11.3 Å². The van der Waals surface area contributed by atoms with Crippen LogP contribution in [0.3, 0.4) is 0 Å². The lowest BCUT2D eigenvalue weighted by Crippen LogP contribution is -2.21. The maximum atomic E-state index is 11.9. The second-order valence-corrected chi connectivity index (χ2v) is 5.51. The number of carboxylic acids is 1. The largest absolute Gasteiger partial charge is 0.478 e. The Morgan fingerprint density at radius 3 is 2.78 bits per heavy atom. The molecule has 23 heavy (non-hydrogen) atoms. The molecule has 2 aromatic heterocycles. The lowest BCUT2D eigenvalue weighted by Gasteiger charge is -2.03. The van der Waals surface area contributed by atoms with Gasteiger partial charge in [0.05, 0.1) is 12.2 Å². The molecule has 8 heteroatoms. The van der Waals surface area contributed by atoms with Crippen LogP contribution in [0.5, 0.6) is 0 Å². The van der Waals surface area contributed by atoms with Crippen LogP contribution >= 0.6 is 11.3 Å². The Morgan fingerprint density at radius 1 is 1.48 bits per heavy atom. The van der Waals surface area contributed by atoms with Crippen LogP contribution in [0.15, 0.2) is 22.4 Å². The summed E-state index contributed by atoms with van der Waals surface area (Å²) >= 11 is 1.27. The van der Waals surface area contributed by atoms with Gasteiger partial charge in [-0.2, -0.15) is 0 Å². The number of carbonyl (C=O) groups is 2.